The van der Waals surface area contributed by atoms with Crippen molar-refractivity contribution in [2.45, 2.75) is 24.5 Å². The molecule has 1 unspecified atom stereocenters. The molecule has 4 aromatic rings. The van der Waals surface area contributed by atoms with E-state index in [9.17, 15) is 31.1 Å². The van der Waals surface area contributed by atoms with Crippen LogP contribution in [0.5, 0.6) is 5.75 Å². The molecule has 0 spiro atoms. The van der Waals surface area contributed by atoms with Crippen molar-refractivity contribution in [2.75, 3.05) is 5.32 Å². The van der Waals surface area contributed by atoms with Crippen molar-refractivity contribution in [3.8, 4) is 5.75 Å². The van der Waals surface area contributed by atoms with Crippen LogP contribution in [0.3, 0.4) is 0 Å². The average molecular weight is 580 g/mol. The minimum absolute atomic E-state index is 0.0787. The number of hydrogen-bond acceptors (Lipinski definition) is 3. The molecule has 12 heteroatoms. The van der Waals surface area contributed by atoms with Gasteiger partial charge in [0.15, 0.2) is 0 Å². The van der Waals surface area contributed by atoms with E-state index in [4.69, 9.17) is 11.6 Å². The number of ether oxygens (including phenoxy) is 1. The Bertz CT molecular complexity index is 1470. The Hall–Kier alpha value is -4.25. The Morgan fingerprint density at radius 2 is 1.68 bits per heavy atom. The molecule has 0 fully saturated rings. The van der Waals surface area contributed by atoms with Gasteiger partial charge in [-0.3, -0.25) is 4.98 Å². The number of nitrogens with zero attached hydrogens (tertiary/aromatic N) is 1. The Morgan fingerprint density at radius 1 is 0.925 bits per heavy atom. The van der Waals surface area contributed by atoms with Gasteiger partial charge in [0.2, 0.25) is 0 Å². The number of aromatic nitrogens is 1. The molecule has 2 N–H and O–H groups in total. The van der Waals surface area contributed by atoms with Crippen molar-refractivity contribution in [1.82, 2.24) is 10.3 Å². The van der Waals surface area contributed by atoms with E-state index in [-0.39, 0.29) is 28.4 Å². The summed E-state index contributed by atoms with van der Waals surface area (Å²) in [5.74, 6) is -2.66. The van der Waals surface area contributed by atoms with Crippen LogP contribution in [-0.4, -0.2) is 23.5 Å². The zero-order valence-electron chi connectivity index (χ0n) is 20.4. The fourth-order valence-corrected chi connectivity index (χ4v) is 4.16. The largest absolute Gasteiger partial charge is 0.461 e. The number of rotatable bonds is 9. The number of nitrogens with one attached hydrogen (secondary N) is 2. The van der Waals surface area contributed by atoms with Crippen LogP contribution >= 0.6 is 11.6 Å². The third-order valence-corrected chi connectivity index (χ3v) is 5.98. The summed E-state index contributed by atoms with van der Waals surface area (Å²) in [5.41, 5.74) is -1.21. The van der Waals surface area contributed by atoms with Gasteiger partial charge in [0.05, 0.1) is 10.7 Å². The quantitative estimate of drug-likeness (QED) is 0.201. The smallest absolute Gasteiger partial charge is 0.428 e. The number of carbonyl (C=O) groups is 1. The van der Waals surface area contributed by atoms with Gasteiger partial charge in [-0.25, -0.2) is 13.6 Å². The van der Waals surface area contributed by atoms with Crippen molar-refractivity contribution in [2.24, 2.45) is 0 Å². The maximum absolute atomic E-state index is 14.9. The third-order valence-electron chi connectivity index (χ3n) is 5.76. The lowest BCUT2D eigenvalue weighted by atomic mass is 9.80. The first-order valence-electron chi connectivity index (χ1n) is 11.6. The number of hydrogen-bond donors (Lipinski definition) is 2. The molecule has 0 saturated heterocycles. The third kappa shape index (κ3) is 6.84. The van der Waals surface area contributed by atoms with Gasteiger partial charge in [-0.05, 0) is 53.6 Å². The summed E-state index contributed by atoms with van der Waals surface area (Å²) in [6, 6.07) is 17.8. The molecular formula is C28H20ClF6N3O2. The number of urea groups is 1. The number of halogens is 7. The number of alkyl halides is 4. The molecule has 40 heavy (non-hydrogen) atoms. The minimum atomic E-state index is -4.92. The van der Waals surface area contributed by atoms with Gasteiger partial charge in [-0.1, -0.05) is 48.0 Å². The van der Waals surface area contributed by atoms with E-state index in [2.05, 4.69) is 20.4 Å². The molecule has 208 valence electrons. The summed E-state index contributed by atoms with van der Waals surface area (Å²) in [5, 5.41) is 5.40. The molecule has 0 saturated carbocycles. The van der Waals surface area contributed by atoms with Crippen LogP contribution < -0.4 is 15.4 Å². The Balaban J connectivity index is 1.88. The van der Waals surface area contributed by atoms with Crippen molar-refractivity contribution in [1.29, 1.82) is 0 Å². The molecule has 0 aliphatic heterocycles. The van der Waals surface area contributed by atoms with Crippen LogP contribution in [0.2, 0.25) is 5.02 Å². The van der Waals surface area contributed by atoms with E-state index in [1.54, 1.807) is 30.3 Å². The molecule has 1 aromatic heterocycles. The van der Waals surface area contributed by atoms with Crippen molar-refractivity contribution < 1.29 is 35.9 Å². The van der Waals surface area contributed by atoms with Crippen LogP contribution in [0.25, 0.3) is 0 Å². The van der Waals surface area contributed by atoms with E-state index in [0.29, 0.717) is 11.6 Å². The SMILES string of the molecule is O=C(Nc1cccc(F)c1)NC(Cc1ccccc1)(c1cc(F)cc(OC(F)(F)C(F)F)c1)c1ccc(Cl)cn1. The van der Waals surface area contributed by atoms with Crippen molar-refractivity contribution >= 4 is 23.3 Å². The molecule has 0 bridgehead atoms. The van der Waals surface area contributed by atoms with Gasteiger partial charge in [-0.15, -0.1) is 0 Å². The lowest BCUT2D eigenvalue weighted by molar-refractivity contribution is -0.253. The second-order valence-corrected chi connectivity index (χ2v) is 9.10. The van der Waals surface area contributed by atoms with Gasteiger partial charge in [0.1, 0.15) is 22.9 Å². The highest BCUT2D eigenvalue weighted by Crippen LogP contribution is 2.37. The molecule has 0 aliphatic rings. The normalized spacial score (nSPS) is 13.0. The molecule has 2 amide bonds. The first-order valence-corrected chi connectivity index (χ1v) is 12.0. The Kier molecular flexibility index (Phi) is 8.53. The minimum Gasteiger partial charge on any atom is -0.428 e. The summed E-state index contributed by atoms with van der Waals surface area (Å²) in [6.07, 6.45) is -7.98. The molecule has 1 heterocycles. The van der Waals surface area contributed by atoms with Gasteiger partial charge in [0, 0.05) is 24.4 Å². The lowest BCUT2D eigenvalue weighted by Gasteiger charge is -2.36. The van der Waals surface area contributed by atoms with Gasteiger partial charge >= 0.3 is 18.6 Å². The summed E-state index contributed by atoms with van der Waals surface area (Å²) < 4.78 is 86.0. The molecule has 0 aliphatic carbocycles. The zero-order chi connectivity index (χ0) is 28.9. The summed E-state index contributed by atoms with van der Waals surface area (Å²) >= 11 is 6.02. The highest BCUT2D eigenvalue weighted by molar-refractivity contribution is 6.30. The van der Waals surface area contributed by atoms with Crippen LogP contribution in [-0.2, 0) is 12.0 Å². The fraction of sp³-hybridized carbons (Fsp3) is 0.143. The van der Waals surface area contributed by atoms with Crippen LogP contribution in [0.1, 0.15) is 16.8 Å². The zero-order valence-corrected chi connectivity index (χ0v) is 21.1. The first kappa shape index (κ1) is 28.8. The predicted molar refractivity (Wildman–Crippen MR) is 137 cm³/mol. The monoisotopic (exact) mass is 579 g/mol. The fourth-order valence-electron chi connectivity index (χ4n) is 4.04. The van der Waals surface area contributed by atoms with E-state index in [0.717, 1.165) is 18.2 Å². The molecule has 5 nitrogen and oxygen atoms in total. The van der Waals surface area contributed by atoms with Gasteiger partial charge in [0.25, 0.3) is 0 Å². The van der Waals surface area contributed by atoms with Crippen LogP contribution in [0.15, 0.2) is 91.1 Å². The number of anilines is 1. The Morgan fingerprint density at radius 3 is 2.33 bits per heavy atom. The number of carbonyl (C=O) groups excluding carboxylic acids is 1. The van der Waals surface area contributed by atoms with Gasteiger partial charge in [-0.2, -0.15) is 17.6 Å². The van der Waals surface area contributed by atoms with E-state index in [1.165, 1.54) is 36.5 Å². The summed E-state index contributed by atoms with van der Waals surface area (Å²) in [4.78, 5) is 17.6. The second-order valence-electron chi connectivity index (χ2n) is 8.66. The molecule has 1 atom stereocenters. The van der Waals surface area contributed by atoms with E-state index in [1.807, 2.05) is 0 Å². The highest BCUT2D eigenvalue weighted by Gasteiger charge is 2.45. The predicted octanol–water partition coefficient (Wildman–Crippen LogP) is 7.56. The highest BCUT2D eigenvalue weighted by atomic mass is 35.5. The van der Waals surface area contributed by atoms with E-state index < -0.39 is 41.5 Å². The number of amides is 2. The number of benzene rings is 3. The maximum atomic E-state index is 14.9. The van der Waals surface area contributed by atoms with Crippen molar-refractivity contribution in [3.63, 3.8) is 0 Å². The molecule has 0 radical (unpaired) electrons. The van der Waals surface area contributed by atoms with Crippen LogP contribution in [0.4, 0.5) is 36.8 Å². The number of pyridine rings is 1. The van der Waals surface area contributed by atoms with Crippen LogP contribution in [0, 0.1) is 11.6 Å². The molecule has 3 aromatic carbocycles. The second kappa shape index (κ2) is 11.9. The summed E-state index contributed by atoms with van der Waals surface area (Å²) in [7, 11) is 0. The maximum Gasteiger partial charge on any atom is 0.461 e. The molecular weight excluding hydrogens is 560 g/mol. The van der Waals surface area contributed by atoms with E-state index >= 15 is 0 Å². The molecule has 4 rings (SSSR count). The Labute approximate surface area is 229 Å². The standard InChI is InChI=1S/C28H20ClF6N3O2/c29-19-9-10-24(36-16-19)27(15-17-5-2-1-3-6-17,38-26(39)37-22-8-4-7-20(30)13-22)18-11-21(31)14-23(12-18)40-28(34,35)25(32)33/h1-14,16,25H,15H2,(H2,37,38,39). The van der Waals surface area contributed by atoms with Gasteiger partial charge < -0.3 is 15.4 Å². The average Bonchev–Trinajstić information content (AvgIpc) is 2.88. The lowest BCUT2D eigenvalue weighted by Crippen LogP contribution is -2.50. The summed E-state index contributed by atoms with van der Waals surface area (Å²) in [6.45, 7) is 0. The first-order chi connectivity index (χ1) is 19.0. The van der Waals surface area contributed by atoms with Crippen molar-refractivity contribution in [3.05, 3.63) is 125 Å². The topological polar surface area (TPSA) is 63.2 Å².